The second-order valence-electron chi connectivity index (χ2n) is 42.5. The molecule has 0 radical (unpaired) electrons. The van der Waals surface area contributed by atoms with Gasteiger partial charge in [-0.05, 0) is 350 Å². The summed E-state index contributed by atoms with van der Waals surface area (Å²) < 4.78 is 46.3. The van der Waals surface area contributed by atoms with E-state index in [9.17, 15) is 37.8 Å². The first-order valence-corrected chi connectivity index (χ1v) is 57.5. The van der Waals surface area contributed by atoms with Gasteiger partial charge >= 0.3 is 17.9 Å². The summed E-state index contributed by atoms with van der Waals surface area (Å²) in [6.07, 6.45) is 76.8. The van der Waals surface area contributed by atoms with Crippen LogP contribution < -0.4 is 9.47 Å². The molecule has 0 aliphatic heterocycles. The average molecular weight is 1920 g/mol. The second kappa shape index (κ2) is 49.6. The molecular formula is C103H159N9O13S6. The number of rotatable bonds is 22. The summed E-state index contributed by atoms with van der Waals surface area (Å²) in [7, 11) is 0.0406. The molecule has 0 bridgehead atoms. The number of esters is 1. The molecule has 14 aliphatic carbocycles. The summed E-state index contributed by atoms with van der Waals surface area (Å²) in [5.74, 6) is 1.26. The van der Waals surface area contributed by atoms with Crippen LogP contribution in [0.25, 0.3) is 0 Å². The smallest absolute Gasteiger partial charge is 0.360 e. The van der Waals surface area contributed by atoms with E-state index in [1.165, 1.54) is 321 Å². The van der Waals surface area contributed by atoms with Crippen LogP contribution in [0.3, 0.4) is 0 Å². The number of carboxylic acids is 2. The Bertz CT molecular complexity index is 4360. The third-order valence-corrected chi connectivity index (χ3v) is 40.2. The lowest BCUT2D eigenvalue weighted by molar-refractivity contribution is -0.109. The van der Waals surface area contributed by atoms with Crippen molar-refractivity contribution in [1.82, 2.24) is 45.4 Å². The molecule has 730 valence electrons. The topological polar surface area (TPSA) is 303 Å². The SMILES string of the molecule is CC(=O)SC1CCC2(CCCC2)CC1.CCOC(=O)c1nnn(Cc2ccc(OC)cc2)c1CSC1CCC2(CCCC2)CC1.COc1ccc(Cn2nnc(C(=O)O)c2CSC2CCC3(CCCC3)CC2)cc1.CS(=O)(=O)OC1CCC2(CCCC2)CC1.O=C(O)c1n[nH]nc1CSC1CCC2(CCCC2)CC1.OC1CCC2(CCCC2)CC1.SC1CCC2(CCCC2)CC1. The number of aliphatic hydroxyl groups is 1. The molecule has 0 atom stereocenters. The number of ether oxygens (including phenoxy) is 3. The third kappa shape index (κ3) is 30.6. The highest BCUT2D eigenvalue weighted by molar-refractivity contribution is 8.14. The minimum Gasteiger partial charge on any atom is -0.497 e. The van der Waals surface area contributed by atoms with Crippen LogP contribution in [0.5, 0.6) is 11.5 Å². The molecule has 28 heteroatoms. The highest BCUT2D eigenvalue weighted by atomic mass is 32.2. The minimum atomic E-state index is -3.26. The molecule has 131 heavy (non-hydrogen) atoms. The van der Waals surface area contributed by atoms with Gasteiger partial charge in [0.1, 0.15) is 17.2 Å². The zero-order valence-corrected chi connectivity index (χ0v) is 85.0. The fourth-order valence-electron chi connectivity index (χ4n) is 25.7. The monoisotopic (exact) mass is 1920 g/mol. The van der Waals surface area contributed by atoms with Gasteiger partial charge in [-0.15, -0.1) is 15.3 Å². The zero-order valence-electron chi connectivity index (χ0n) is 80.0. The summed E-state index contributed by atoms with van der Waals surface area (Å²) in [5.41, 5.74) is 9.48. The van der Waals surface area contributed by atoms with Gasteiger partial charge in [0.15, 0.2) is 22.2 Å². The van der Waals surface area contributed by atoms with Crippen molar-refractivity contribution in [3.8, 4) is 11.5 Å². The van der Waals surface area contributed by atoms with Crippen LogP contribution in [0.15, 0.2) is 48.5 Å². The number of benzene rings is 2. The quantitative estimate of drug-likeness (QED) is 0.0244. The molecule has 4 N–H and O–H groups in total. The van der Waals surface area contributed by atoms with Crippen LogP contribution in [0.1, 0.15) is 433 Å². The van der Waals surface area contributed by atoms with E-state index in [4.69, 9.17) is 23.5 Å². The number of hydrogen-bond donors (Lipinski definition) is 5. The van der Waals surface area contributed by atoms with Crippen molar-refractivity contribution in [2.24, 2.45) is 37.9 Å². The van der Waals surface area contributed by atoms with Crippen LogP contribution in [0.2, 0.25) is 0 Å². The van der Waals surface area contributed by atoms with E-state index < -0.39 is 22.1 Å². The summed E-state index contributed by atoms with van der Waals surface area (Å²) >= 11 is 11.8. The molecule has 0 amide bonds. The fourth-order valence-corrected chi connectivity index (χ4v) is 31.2. The Hall–Kier alpha value is -4.84. The van der Waals surface area contributed by atoms with Gasteiger partial charge in [0.05, 0.1) is 63.8 Å². The number of nitrogens with one attached hydrogen (secondary N) is 1. The summed E-state index contributed by atoms with van der Waals surface area (Å²) in [5, 5.41) is 58.1. The molecule has 14 fully saturated rings. The molecule has 2 aromatic carbocycles. The molecule has 22 nitrogen and oxygen atoms in total. The molecule has 3 aromatic heterocycles. The summed E-state index contributed by atoms with van der Waals surface area (Å²) in [6, 6.07) is 15.7. The molecule has 3 heterocycles. The van der Waals surface area contributed by atoms with Gasteiger partial charge in [0, 0.05) is 50.4 Å². The maximum atomic E-state index is 12.5. The average Bonchev–Trinajstić information content (AvgIpc) is 1.70. The number of aromatic amines is 1. The van der Waals surface area contributed by atoms with Gasteiger partial charge in [0.2, 0.25) is 0 Å². The first-order valence-electron chi connectivity index (χ1n) is 51.1. The van der Waals surface area contributed by atoms with Crippen LogP contribution in [-0.2, 0) is 54.2 Å². The van der Waals surface area contributed by atoms with Gasteiger partial charge in [-0.25, -0.2) is 23.7 Å². The van der Waals surface area contributed by atoms with Gasteiger partial charge in [-0.2, -0.15) is 66.6 Å². The molecule has 0 saturated heterocycles. The normalized spacial score (nSPS) is 25.7. The number of carbonyl (C=O) groups excluding carboxylic acids is 2. The van der Waals surface area contributed by atoms with Crippen molar-refractivity contribution in [3.63, 3.8) is 0 Å². The lowest BCUT2D eigenvalue weighted by atomic mass is 9.72. The lowest BCUT2D eigenvalue weighted by Crippen LogP contribution is -2.30. The largest absolute Gasteiger partial charge is 0.497 e. The van der Waals surface area contributed by atoms with Crippen LogP contribution in [-0.4, -0.2) is 158 Å². The number of aromatic carboxylic acids is 2. The molecular weight excluding hydrogens is 1760 g/mol. The van der Waals surface area contributed by atoms with Crippen molar-refractivity contribution < 1.29 is 61.3 Å². The van der Waals surface area contributed by atoms with Gasteiger partial charge < -0.3 is 29.5 Å². The molecule has 14 aliphatic rings. The number of carbonyl (C=O) groups is 4. The van der Waals surface area contributed by atoms with Crippen molar-refractivity contribution in [1.29, 1.82) is 0 Å². The van der Waals surface area contributed by atoms with E-state index >= 15 is 0 Å². The van der Waals surface area contributed by atoms with Crippen LogP contribution in [0, 0.1) is 37.9 Å². The first-order chi connectivity index (χ1) is 63.2. The predicted octanol–water partition coefficient (Wildman–Crippen LogP) is 25.4. The lowest BCUT2D eigenvalue weighted by Gasteiger charge is -2.37. The number of aliphatic hydroxyl groups excluding tert-OH is 1. The molecule has 5 aromatic rings. The second-order valence-corrected chi connectivity index (χ2v) is 50.2. The Morgan fingerprint density at radius 2 is 0.748 bits per heavy atom. The van der Waals surface area contributed by atoms with E-state index in [2.05, 4.69) is 48.7 Å². The van der Waals surface area contributed by atoms with E-state index in [1.807, 2.05) is 95.4 Å². The maximum Gasteiger partial charge on any atom is 0.360 e. The number of methoxy groups -OCH3 is 2. The van der Waals surface area contributed by atoms with E-state index in [1.54, 1.807) is 37.6 Å². The Balaban J connectivity index is 0.000000135. The number of H-pyrrole nitrogens is 1. The minimum absolute atomic E-state index is 0.0289. The van der Waals surface area contributed by atoms with Crippen molar-refractivity contribution in [2.75, 3.05) is 27.1 Å². The summed E-state index contributed by atoms with van der Waals surface area (Å²) in [4.78, 5) is 46.1. The van der Waals surface area contributed by atoms with Gasteiger partial charge in [-0.3, -0.25) is 8.98 Å². The van der Waals surface area contributed by atoms with Crippen LogP contribution >= 0.6 is 59.7 Å². The van der Waals surface area contributed by atoms with Gasteiger partial charge in [0.25, 0.3) is 10.1 Å². The first kappa shape index (κ1) is 104. The highest BCUT2D eigenvalue weighted by Crippen LogP contribution is 2.57. The van der Waals surface area contributed by atoms with Crippen LogP contribution in [0.4, 0.5) is 0 Å². The highest BCUT2D eigenvalue weighted by Gasteiger charge is 2.45. The van der Waals surface area contributed by atoms with E-state index in [-0.39, 0.29) is 29.6 Å². The molecule has 0 unspecified atom stereocenters. The fraction of sp³-hybridized carbons (Fsp3) is 0.786. The molecule has 14 saturated carbocycles. The number of thiol groups is 1. The van der Waals surface area contributed by atoms with Crippen molar-refractivity contribution >= 4 is 92.8 Å². The Labute approximate surface area is 806 Å². The number of hydrogen-bond acceptors (Lipinski definition) is 22. The zero-order chi connectivity index (χ0) is 92.4. The number of aromatic nitrogens is 9. The molecule has 19 rings (SSSR count). The number of nitrogens with zero attached hydrogens (tertiary/aromatic N) is 8. The third-order valence-electron chi connectivity index (χ3n) is 33.8. The van der Waals surface area contributed by atoms with Crippen molar-refractivity contribution in [2.45, 2.75) is 442 Å². The maximum absolute atomic E-state index is 12.5. The Morgan fingerprint density at radius 1 is 0.435 bits per heavy atom. The Morgan fingerprint density at radius 3 is 1.08 bits per heavy atom. The summed E-state index contributed by atoms with van der Waals surface area (Å²) in [6.45, 7) is 4.93. The van der Waals surface area contributed by atoms with Crippen molar-refractivity contribution in [3.05, 3.63) is 93.8 Å². The van der Waals surface area contributed by atoms with E-state index in [0.717, 1.165) is 89.5 Å². The number of carboxylic acid groups (broad SMARTS) is 2. The Kier molecular flexibility index (Phi) is 39.2. The number of thioether (sulfide) groups is 4. The molecule has 7 spiro atoms. The van der Waals surface area contributed by atoms with E-state index in [0.29, 0.717) is 107 Å². The van der Waals surface area contributed by atoms with Gasteiger partial charge in [-0.1, -0.05) is 136 Å². The standard InChI is InChI=1S/C24H33N3O3S.C22H29N3O3S.C14H21N3O2S.C12H20OS.C11H20O3S.C10H18O.C10H18S/c1-3-30-23(28)22-21(17-31-20-10-14-24(15-11-20)12-4-5-13-24)27(26-25-22)16-18-6-8-19(29-2)9-7-18;1-28-17-6-4-16(5-7-17)14-25-19(20(21(26)27)23-24-25)15-29-18-8-12-22(13-9-18)10-2-3-11-22;18-13(19)12-11(15-17-16-12)9-20-10-3-7-14(8-4-10)5-1-2-6-14;1-10(13)14-11-4-8-12(9-5-11)6-2-3-7-12;1-15(12,13)14-10-4-8-11(9-5-10)6-2-3-7-11;2*11-9-3-7-10(8-4-9)5-1-2-6-10/h6-9,20H,3-5,10-17H2,1-2H3;4-7,18H,2-3,8-15H2,1H3,(H,26,27);10H,1-9H2,(H,18,19)(H,15,16,17);11H,2-9H2,1H3;10H,2-9H2,1H3;2*9,11H,1-8H2. The predicted molar refractivity (Wildman–Crippen MR) is 532 cm³/mol.